The van der Waals surface area contributed by atoms with Crippen molar-refractivity contribution in [2.24, 2.45) is 0 Å². The Bertz CT molecular complexity index is 1170. The summed E-state index contributed by atoms with van der Waals surface area (Å²) in [5, 5.41) is 0. The van der Waals surface area contributed by atoms with Gasteiger partial charge in [-0.1, -0.05) is 77.9 Å². The molecule has 1 heterocycles. The quantitative estimate of drug-likeness (QED) is 0.430. The summed E-state index contributed by atoms with van der Waals surface area (Å²) >= 11 is 0. The Labute approximate surface area is 165 Å². The normalized spacial score (nSPS) is 10.8. The largest absolute Gasteiger partial charge is 0.276 e. The summed E-state index contributed by atoms with van der Waals surface area (Å²) in [7, 11) is 0. The highest BCUT2D eigenvalue weighted by Crippen LogP contribution is 2.33. The maximum atomic E-state index is 13.2. The van der Waals surface area contributed by atoms with Crippen molar-refractivity contribution in [3.05, 3.63) is 112 Å². The molecular weight excluding hydrogens is 342 g/mol. The van der Waals surface area contributed by atoms with Gasteiger partial charge in [0.05, 0.1) is 5.69 Å². The van der Waals surface area contributed by atoms with Crippen molar-refractivity contribution in [3.8, 4) is 28.1 Å². The topological polar surface area (TPSA) is 22.0 Å². The SMILES string of the molecule is Cc1ccc(-c2cc(C)c(=O)n(-c3ccccc3)c2-c2ccc(C)cc2)cc1. The summed E-state index contributed by atoms with van der Waals surface area (Å²) in [6, 6.07) is 28.7. The molecule has 0 radical (unpaired) electrons. The van der Waals surface area contributed by atoms with Gasteiger partial charge >= 0.3 is 0 Å². The standard InChI is InChI=1S/C26H23NO/c1-18-9-13-21(14-10-18)24-17-20(3)26(28)27(23-7-5-4-6-8-23)25(24)22-15-11-19(2)12-16-22/h4-17H,1-3H3. The minimum absolute atomic E-state index is 0.0117. The Kier molecular flexibility index (Phi) is 4.70. The van der Waals surface area contributed by atoms with Crippen LogP contribution in [-0.2, 0) is 0 Å². The minimum Gasteiger partial charge on any atom is -0.276 e. The number of rotatable bonds is 3. The van der Waals surface area contributed by atoms with Gasteiger partial charge in [-0.15, -0.1) is 0 Å². The molecule has 0 amide bonds. The fourth-order valence-electron chi connectivity index (χ4n) is 3.52. The molecule has 0 saturated heterocycles. The monoisotopic (exact) mass is 365 g/mol. The van der Waals surface area contributed by atoms with Gasteiger partial charge < -0.3 is 0 Å². The van der Waals surface area contributed by atoms with Crippen LogP contribution in [-0.4, -0.2) is 4.57 Å². The van der Waals surface area contributed by atoms with Crippen LogP contribution in [0.1, 0.15) is 16.7 Å². The van der Waals surface area contributed by atoms with Gasteiger partial charge in [0, 0.05) is 16.8 Å². The summed E-state index contributed by atoms with van der Waals surface area (Å²) in [5.41, 5.74) is 8.15. The molecule has 0 unspecified atom stereocenters. The molecule has 0 bridgehead atoms. The van der Waals surface area contributed by atoms with E-state index in [4.69, 9.17) is 0 Å². The highest BCUT2D eigenvalue weighted by molar-refractivity contribution is 5.83. The molecule has 2 nitrogen and oxygen atoms in total. The number of pyridine rings is 1. The molecule has 2 heteroatoms. The molecule has 0 N–H and O–H groups in total. The van der Waals surface area contributed by atoms with Crippen LogP contribution in [0.25, 0.3) is 28.1 Å². The van der Waals surface area contributed by atoms with Gasteiger partial charge in [-0.3, -0.25) is 9.36 Å². The molecule has 1 aromatic heterocycles. The molecule has 28 heavy (non-hydrogen) atoms. The van der Waals surface area contributed by atoms with Gasteiger partial charge in [-0.25, -0.2) is 0 Å². The highest BCUT2D eigenvalue weighted by atomic mass is 16.1. The Morgan fingerprint density at radius 2 is 1.18 bits per heavy atom. The van der Waals surface area contributed by atoms with Gasteiger partial charge in [-0.2, -0.15) is 0 Å². The van der Waals surface area contributed by atoms with Crippen LogP contribution in [0.15, 0.2) is 89.7 Å². The van der Waals surface area contributed by atoms with Crippen molar-refractivity contribution in [3.63, 3.8) is 0 Å². The summed E-state index contributed by atoms with van der Waals surface area (Å²) in [4.78, 5) is 13.2. The first kappa shape index (κ1) is 18.0. The van der Waals surface area contributed by atoms with Crippen molar-refractivity contribution in [1.82, 2.24) is 4.57 Å². The summed E-state index contributed by atoms with van der Waals surface area (Å²) < 4.78 is 1.84. The van der Waals surface area contributed by atoms with Gasteiger partial charge in [0.25, 0.3) is 5.56 Å². The van der Waals surface area contributed by atoms with Crippen molar-refractivity contribution in [2.45, 2.75) is 20.8 Å². The number of hydrogen-bond acceptors (Lipinski definition) is 1. The first-order valence-electron chi connectivity index (χ1n) is 9.51. The lowest BCUT2D eigenvalue weighted by Gasteiger charge is -2.19. The third-order valence-corrected chi connectivity index (χ3v) is 5.08. The van der Waals surface area contributed by atoms with Crippen molar-refractivity contribution < 1.29 is 0 Å². The zero-order valence-corrected chi connectivity index (χ0v) is 16.4. The van der Waals surface area contributed by atoms with E-state index < -0.39 is 0 Å². The molecule has 0 atom stereocenters. The lowest BCUT2D eigenvalue weighted by molar-refractivity contribution is 0.981. The fraction of sp³-hybridized carbons (Fsp3) is 0.115. The second kappa shape index (κ2) is 7.32. The van der Waals surface area contributed by atoms with E-state index >= 15 is 0 Å². The molecular formula is C26H23NO. The summed E-state index contributed by atoms with van der Waals surface area (Å²) in [5.74, 6) is 0. The first-order valence-corrected chi connectivity index (χ1v) is 9.51. The molecule has 3 aromatic carbocycles. The lowest BCUT2D eigenvalue weighted by Crippen LogP contribution is -2.23. The third kappa shape index (κ3) is 3.29. The number of para-hydroxylation sites is 1. The summed E-state index contributed by atoms with van der Waals surface area (Å²) in [6.45, 7) is 6.04. The van der Waals surface area contributed by atoms with E-state index in [9.17, 15) is 4.79 Å². The number of aryl methyl sites for hydroxylation is 3. The molecule has 0 aliphatic heterocycles. The maximum Gasteiger partial charge on any atom is 0.258 e. The Morgan fingerprint density at radius 3 is 1.75 bits per heavy atom. The Balaban J connectivity index is 2.11. The van der Waals surface area contributed by atoms with E-state index in [1.165, 1.54) is 11.1 Å². The Morgan fingerprint density at radius 1 is 0.643 bits per heavy atom. The molecule has 138 valence electrons. The second-order valence-electron chi connectivity index (χ2n) is 7.30. The first-order chi connectivity index (χ1) is 13.5. The van der Waals surface area contributed by atoms with Gasteiger partial charge in [-0.05, 0) is 50.1 Å². The number of benzene rings is 3. The fourth-order valence-corrected chi connectivity index (χ4v) is 3.52. The van der Waals surface area contributed by atoms with E-state index in [-0.39, 0.29) is 5.56 Å². The van der Waals surface area contributed by atoms with Crippen LogP contribution in [0.5, 0.6) is 0 Å². The average molecular weight is 365 g/mol. The third-order valence-electron chi connectivity index (χ3n) is 5.08. The molecule has 0 fully saturated rings. The van der Waals surface area contributed by atoms with E-state index in [0.29, 0.717) is 0 Å². The van der Waals surface area contributed by atoms with Crippen LogP contribution in [0, 0.1) is 20.8 Å². The van der Waals surface area contributed by atoms with E-state index in [0.717, 1.165) is 33.6 Å². The molecule has 0 spiro atoms. The molecule has 4 aromatic rings. The molecule has 0 saturated carbocycles. The van der Waals surface area contributed by atoms with E-state index in [1.54, 1.807) is 0 Å². The number of nitrogens with zero attached hydrogens (tertiary/aromatic N) is 1. The summed E-state index contributed by atoms with van der Waals surface area (Å²) in [6.07, 6.45) is 0. The van der Waals surface area contributed by atoms with Gasteiger partial charge in [0.15, 0.2) is 0 Å². The van der Waals surface area contributed by atoms with Crippen molar-refractivity contribution >= 4 is 0 Å². The zero-order valence-electron chi connectivity index (χ0n) is 16.4. The smallest absolute Gasteiger partial charge is 0.258 e. The average Bonchev–Trinajstić information content (AvgIpc) is 2.72. The number of hydrogen-bond donors (Lipinski definition) is 0. The molecule has 0 aliphatic rings. The van der Waals surface area contributed by atoms with E-state index in [2.05, 4.69) is 62.4 Å². The zero-order chi connectivity index (χ0) is 19.7. The van der Waals surface area contributed by atoms with Gasteiger partial charge in [0.1, 0.15) is 0 Å². The predicted molar refractivity (Wildman–Crippen MR) is 117 cm³/mol. The maximum absolute atomic E-state index is 13.2. The predicted octanol–water partition coefficient (Wildman–Crippen LogP) is 6.10. The molecule has 0 aliphatic carbocycles. The van der Waals surface area contributed by atoms with Crippen LogP contribution in [0.4, 0.5) is 0 Å². The van der Waals surface area contributed by atoms with Gasteiger partial charge in [0.2, 0.25) is 0 Å². The van der Waals surface area contributed by atoms with Crippen LogP contribution in [0.2, 0.25) is 0 Å². The molecule has 4 rings (SSSR count). The van der Waals surface area contributed by atoms with Crippen molar-refractivity contribution in [1.29, 1.82) is 0 Å². The Hall–Kier alpha value is -3.39. The lowest BCUT2D eigenvalue weighted by atomic mass is 9.96. The van der Waals surface area contributed by atoms with Crippen LogP contribution in [0.3, 0.4) is 0 Å². The van der Waals surface area contributed by atoms with Crippen LogP contribution >= 0.6 is 0 Å². The van der Waals surface area contributed by atoms with Crippen molar-refractivity contribution in [2.75, 3.05) is 0 Å². The highest BCUT2D eigenvalue weighted by Gasteiger charge is 2.17. The van der Waals surface area contributed by atoms with Crippen LogP contribution < -0.4 is 5.56 Å². The van der Waals surface area contributed by atoms with E-state index in [1.807, 2.05) is 47.9 Å². The second-order valence-corrected chi connectivity index (χ2v) is 7.30. The number of aromatic nitrogens is 1. The minimum atomic E-state index is 0.0117.